The molecular formula is C17H27N5. The fraction of sp³-hybridized carbons (Fsp3) is 0.647. The van der Waals surface area contributed by atoms with Crippen LogP contribution in [0.3, 0.4) is 0 Å². The van der Waals surface area contributed by atoms with Crippen LogP contribution in [0.2, 0.25) is 0 Å². The van der Waals surface area contributed by atoms with Gasteiger partial charge in [-0.1, -0.05) is 20.8 Å². The van der Waals surface area contributed by atoms with Crippen molar-refractivity contribution in [2.45, 2.75) is 46.1 Å². The van der Waals surface area contributed by atoms with E-state index in [4.69, 9.17) is 5.10 Å². The molecule has 0 saturated carbocycles. The van der Waals surface area contributed by atoms with Gasteiger partial charge in [-0.25, -0.2) is 9.50 Å². The SMILES string of the molecule is CC(C)N1CCN(c2nccn3nc(C(C)(C)C)cc23)CC1. The Morgan fingerprint density at radius 3 is 2.36 bits per heavy atom. The lowest BCUT2D eigenvalue weighted by Gasteiger charge is -2.37. The molecule has 2 aromatic heterocycles. The van der Waals surface area contributed by atoms with Crippen LogP contribution >= 0.6 is 0 Å². The molecule has 1 saturated heterocycles. The number of aromatic nitrogens is 3. The van der Waals surface area contributed by atoms with E-state index in [0.717, 1.165) is 43.2 Å². The summed E-state index contributed by atoms with van der Waals surface area (Å²) in [7, 11) is 0. The highest BCUT2D eigenvalue weighted by atomic mass is 15.3. The minimum Gasteiger partial charge on any atom is -0.352 e. The summed E-state index contributed by atoms with van der Waals surface area (Å²) in [6, 6.07) is 2.81. The van der Waals surface area contributed by atoms with E-state index >= 15 is 0 Å². The molecule has 1 aliphatic heterocycles. The van der Waals surface area contributed by atoms with Gasteiger partial charge in [-0.05, 0) is 19.9 Å². The molecule has 2 aromatic rings. The Balaban J connectivity index is 1.90. The molecule has 0 N–H and O–H groups in total. The van der Waals surface area contributed by atoms with E-state index in [2.05, 4.69) is 55.5 Å². The Morgan fingerprint density at radius 2 is 1.77 bits per heavy atom. The van der Waals surface area contributed by atoms with Crippen LogP contribution in [0.25, 0.3) is 5.52 Å². The van der Waals surface area contributed by atoms with Crippen LogP contribution in [0, 0.1) is 0 Å². The summed E-state index contributed by atoms with van der Waals surface area (Å²) in [6.45, 7) is 15.4. The topological polar surface area (TPSA) is 36.7 Å². The summed E-state index contributed by atoms with van der Waals surface area (Å²) >= 11 is 0. The van der Waals surface area contributed by atoms with Crippen molar-refractivity contribution in [1.29, 1.82) is 0 Å². The van der Waals surface area contributed by atoms with Gasteiger partial charge in [0, 0.05) is 50.0 Å². The number of nitrogens with zero attached hydrogens (tertiary/aromatic N) is 5. The maximum absolute atomic E-state index is 4.72. The fourth-order valence-electron chi connectivity index (χ4n) is 2.97. The van der Waals surface area contributed by atoms with Crippen molar-refractivity contribution >= 4 is 11.3 Å². The Kier molecular flexibility index (Phi) is 3.85. The van der Waals surface area contributed by atoms with E-state index in [9.17, 15) is 0 Å². The van der Waals surface area contributed by atoms with Crippen LogP contribution in [0.15, 0.2) is 18.5 Å². The van der Waals surface area contributed by atoms with Crippen LogP contribution < -0.4 is 4.90 Å². The minimum atomic E-state index is 0.0552. The monoisotopic (exact) mass is 301 g/mol. The molecule has 22 heavy (non-hydrogen) atoms. The number of hydrogen-bond acceptors (Lipinski definition) is 4. The van der Waals surface area contributed by atoms with Crippen LogP contribution in [-0.2, 0) is 5.41 Å². The summed E-state index contributed by atoms with van der Waals surface area (Å²) in [5.41, 5.74) is 2.28. The maximum Gasteiger partial charge on any atom is 0.154 e. The fourth-order valence-corrected chi connectivity index (χ4v) is 2.97. The minimum absolute atomic E-state index is 0.0552. The second-order valence-electron chi connectivity index (χ2n) is 7.48. The van der Waals surface area contributed by atoms with Crippen LogP contribution in [0.1, 0.15) is 40.3 Å². The molecule has 5 nitrogen and oxygen atoms in total. The lowest BCUT2D eigenvalue weighted by atomic mass is 9.92. The number of piperazine rings is 1. The summed E-state index contributed by atoms with van der Waals surface area (Å²) in [5, 5.41) is 4.72. The first-order chi connectivity index (χ1) is 10.4. The summed E-state index contributed by atoms with van der Waals surface area (Å²) < 4.78 is 1.97. The average molecular weight is 301 g/mol. The quantitative estimate of drug-likeness (QED) is 0.854. The Labute approximate surface area is 132 Å². The maximum atomic E-state index is 4.72. The van der Waals surface area contributed by atoms with E-state index in [-0.39, 0.29) is 5.41 Å². The Hall–Kier alpha value is -1.62. The summed E-state index contributed by atoms with van der Waals surface area (Å²) in [6.07, 6.45) is 3.80. The lowest BCUT2D eigenvalue weighted by Crippen LogP contribution is -2.49. The second kappa shape index (κ2) is 5.54. The van der Waals surface area contributed by atoms with Gasteiger partial charge in [0.05, 0.1) is 5.69 Å². The van der Waals surface area contributed by atoms with Gasteiger partial charge in [0.15, 0.2) is 5.82 Å². The molecule has 0 aromatic carbocycles. The molecule has 0 bridgehead atoms. The van der Waals surface area contributed by atoms with Crippen molar-refractivity contribution in [2.75, 3.05) is 31.1 Å². The molecule has 3 heterocycles. The van der Waals surface area contributed by atoms with Crippen molar-refractivity contribution in [2.24, 2.45) is 0 Å². The molecule has 0 radical (unpaired) electrons. The van der Waals surface area contributed by atoms with Crippen molar-refractivity contribution in [3.05, 3.63) is 24.2 Å². The van der Waals surface area contributed by atoms with E-state index in [1.54, 1.807) is 0 Å². The first-order valence-electron chi connectivity index (χ1n) is 8.20. The molecule has 0 atom stereocenters. The Morgan fingerprint density at radius 1 is 1.09 bits per heavy atom. The standard InChI is InChI=1S/C17H27N5/c1-13(2)20-8-10-21(11-9-20)16-14-12-15(17(3,4)5)19-22(14)7-6-18-16/h6-7,12-13H,8-11H2,1-5H3. The van der Waals surface area contributed by atoms with Gasteiger partial charge in [0.1, 0.15) is 5.52 Å². The van der Waals surface area contributed by atoms with Crippen molar-refractivity contribution in [3.63, 3.8) is 0 Å². The molecule has 0 aliphatic carbocycles. The zero-order valence-corrected chi connectivity index (χ0v) is 14.4. The molecule has 0 unspecified atom stereocenters. The molecule has 0 spiro atoms. The summed E-state index contributed by atoms with van der Waals surface area (Å²) in [4.78, 5) is 9.56. The average Bonchev–Trinajstić information content (AvgIpc) is 2.91. The molecule has 1 fully saturated rings. The van der Waals surface area contributed by atoms with Gasteiger partial charge in [0.25, 0.3) is 0 Å². The number of anilines is 1. The Bertz CT molecular complexity index is 645. The van der Waals surface area contributed by atoms with Gasteiger partial charge < -0.3 is 4.90 Å². The third kappa shape index (κ3) is 2.82. The predicted molar refractivity (Wildman–Crippen MR) is 90.6 cm³/mol. The predicted octanol–water partition coefficient (Wildman–Crippen LogP) is 2.56. The van der Waals surface area contributed by atoms with Crippen molar-refractivity contribution in [3.8, 4) is 0 Å². The summed E-state index contributed by atoms with van der Waals surface area (Å²) in [5.74, 6) is 1.06. The number of rotatable bonds is 2. The third-order valence-electron chi connectivity index (χ3n) is 4.48. The highest BCUT2D eigenvalue weighted by Crippen LogP contribution is 2.26. The second-order valence-corrected chi connectivity index (χ2v) is 7.48. The van der Waals surface area contributed by atoms with Crippen molar-refractivity contribution < 1.29 is 0 Å². The van der Waals surface area contributed by atoms with E-state index in [0.29, 0.717) is 6.04 Å². The van der Waals surface area contributed by atoms with Crippen LogP contribution in [0.5, 0.6) is 0 Å². The first kappa shape index (κ1) is 15.3. The zero-order valence-electron chi connectivity index (χ0n) is 14.4. The van der Waals surface area contributed by atoms with Gasteiger partial charge in [0.2, 0.25) is 0 Å². The molecule has 5 heteroatoms. The highest BCUT2D eigenvalue weighted by Gasteiger charge is 2.23. The van der Waals surface area contributed by atoms with Gasteiger partial charge in [-0.15, -0.1) is 0 Å². The van der Waals surface area contributed by atoms with E-state index in [1.807, 2.05) is 16.9 Å². The normalized spacial score (nSPS) is 17.6. The smallest absolute Gasteiger partial charge is 0.154 e. The van der Waals surface area contributed by atoms with Gasteiger partial charge >= 0.3 is 0 Å². The van der Waals surface area contributed by atoms with Crippen LogP contribution in [0.4, 0.5) is 5.82 Å². The molecular weight excluding hydrogens is 274 g/mol. The molecule has 3 rings (SSSR count). The molecule has 120 valence electrons. The molecule has 1 aliphatic rings. The lowest BCUT2D eigenvalue weighted by molar-refractivity contribution is 0.209. The zero-order chi connectivity index (χ0) is 15.9. The molecule has 0 amide bonds. The van der Waals surface area contributed by atoms with Crippen LogP contribution in [-0.4, -0.2) is 51.7 Å². The van der Waals surface area contributed by atoms with Gasteiger partial charge in [-0.3, -0.25) is 4.90 Å². The van der Waals surface area contributed by atoms with Crippen molar-refractivity contribution in [1.82, 2.24) is 19.5 Å². The number of hydrogen-bond donors (Lipinski definition) is 0. The first-order valence-corrected chi connectivity index (χ1v) is 8.20. The largest absolute Gasteiger partial charge is 0.352 e. The van der Waals surface area contributed by atoms with E-state index in [1.165, 1.54) is 0 Å². The third-order valence-corrected chi connectivity index (χ3v) is 4.48. The highest BCUT2D eigenvalue weighted by molar-refractivity contribution is 5.69. The van der Waals surface area contributed by atoms with Gasteiger partial charge in [-0.2, -0.15) is 5.10 Å². The number of fused-ring (bicyclic) bond motifs is 1. The van der Waals surface area contributed by atoms with E-state index < -0.39 is 0 Å².